The van der Waals surface area contributed by atoms with Crippen molar-refractivity contribution in [1.82, 2.24) is 10.2 Å². The first-order valence-corrected chi connectivity index (χ1v) is 7.31. The fourth-order valence-electron chi connectivity index (χ4n) is 2.26. The topological polar surface area (TPSA) is 49.4 Å². The Hall–Kier alpha value is -1.68. The SMILES string of the molecule is CNC(=O)C(C)CN(C)C(C)C(=O)c1ccc(C)c(C)c1. The number of rotatable bonds is 6. The Balaban J connectivity index is 2.77. The maximum atomic E-state index is 12.5. The third kappa shape index (κ3) is 4.39. The molecule has 0 radical (unpaired) electrons. The number of amides is 1. The Morgan fingerprint density at radius 3 is 2.33 bits per heavy atom. The van der Waals surface area contributed by atoms with E-state index >= 15 is 0 Å². The van der Waals surface area contributed by atoms with Crippen LogP contribution >= 0.6 is 0 Å². The second kappa shape index (κ2) is 7.36. The summed E-state index contributed by atoms with van der Waals surface area (Å²) >= 11 is 0. The minimum Gasteiger partial charge on any atom is -0.359 e. The third-order valence-corrected chi connectivity index (χ3v) is 4.09. The molecule has 0 saturated heterocycles. The van der Waals surface area contributed by atoms with Crippen LogP contribution in [0, 0.1) is 19.8 Å². The van der Waals surface area contributed by atoms with Crippen molar-refractivity contribution in [3.8, 4) is 0 Å². The summed E-state index contributed by atoms with van der Waals surface area (Å²) in [4.78, 5) is 26.0. The van der Waals surface area contributed by atoms with Gasteiger partial charge in [-0.2, -0.15) is 0 Å². The van der Waals surface area contributed by atoms with Crippen molar-refractivity contribution in [2.75, 3.05) is 20.6 Å². The number of hydrogen-bond acceptors (Lipinski definition) is 3. The number of ketones is 1. The lowest BCUT2D eigenvalue weighted by atomic mass is 9.99. The van der Waals surface area contributed by atoms with Gasteiger partial charge in [-0.25, -0.2) is 0 Å². The van der Waals surface area contributed by atoms with Crippen LogP contribution in [0.4, 0.5) is 0 Å². The second-order valence-electron chi connectivity index (χ2n) is 5.79. The Kier molecular flexibility index (Phi) is 6.09. The molecule has 0 aliphatic carbocycles. The molecule has 0 fully saturated rings. The highest BCUT2D eigenvalue weighted by Gasteiger charge is 2.23. The molecule has 1 aromatic carbocycles. The third-order valence-electron chi connectivity index (χ3n) is 4.09. The summed E-state index contributed by atoms with van der Waals surface area (Å²) in [6.45, 7) is 8.34. The first-order chi connectivity index (χ1) is 9.77. The van der Waals surface area contributed by atoms with Crippen molar-refractivity contribution < 1.29 is 9.59 Å². The summed E-state index contributed by atoms with van der Waals surface area (Å²) in [6, 6.07) is 5.53. The van der Waals surface area contributed by atoms with Gasteiger partial charge in [0.25, 0.3) is 0 Å². The van der Waals surface area contributed by atoms with Crippen molar-refractivity contribution >= 4 is 11.7 Å². The number of likely N-dealkylation sites (N-methyl/N-ethyl adjacent to an activating group) is 1. The number of Topliss-reactive ketones (excluding diaryl/α,β-unsaturated/α-hetero) is 1. The molecule has 21 heavy (non-hydrogen) atoms. The van der Waals surface area contributed by atoms with Gasteiger partial charge < -0.3 is 5.32 Å². The van der Waals surface area contributed by atoms with E-state index < -0.39 is 0 Å². The Morgan fingerprint density at radius 1 is 1.19 bits per heavy atom. The largest absolute Gasteiger partial charge is 0.359 e. The first kappa shape index (κ1) is 17.4. The van der Waals surface area contributed by atoms with Crippen molar-refractivity contribution in [3.05, 3.63) is 34.9 Å². The van der Waals surface area contributed by atoms with Gasteiger partial charge in [0.05, 0.1) is 6.04 Å². The van der Waals surface area contributed by atoms with E-state index in [0.717, 1.165) is 11.1 Å². The first-order valence-electron chi connectivity index (χ1n) is 7.31. The minimum atomic E-state index is -0.251. The van der Waals surface area contributed by atoms with Crippen LogP contribution in [0.2, 0.25) is 0 Å². The maximum absolute atomic E-state index is 12.5. The van der Waals surface area contributed by atoms with Crippen molar-refractivity contribution in [2.45, 2.75) is 33.7 Å². The van der Waals surface area contributed by atoms with Crippen LogP contribution in [0.25, 0.3) is 0 Å². The molecular weight excluding hydrogens is 264 g/mol. The molecule has 1 aromatic rings. The normalized spacial score (nSPS) is 13.9. The van der Waals surface area contributed by atoms with Crippen LogP contribution in [-0.4, -0.2) is 43.3 Å². The monoisotopic (exact) mass is 290 g/mol. The van der Waals surface area contributed by atoms with Crippen LogP contribution in [-0.2, 0) is 4.79 Å². The van der Waals surface area contributed by atoms with E-state index in [1.54, 1.807) is 7.05 Å². The minimum absolute atomic E-state index is 0.00678. The van der Waals surface area contributed by atoms with Gasteiger partial charge in [0.15, 0.2) is 5.78 Å². The average Bonchev–Trinajstić information content (AvgIpc) is 2.47. The van der Waals surface area contributed by atoms with Crippen molar-refractivity contribution in [3.63, 3.8) is 0 Å². The van der Waals surface area contributed by atoms with Crippen molar-refractivity contribution in [2.24, 2.45) is 5.92 Å². The fraction of sp³-hybridized carbons (Fsp3) is 0.529. The maximum Gasteiger partial charge on any atom is 0.223 e. The van der Waals surface area contributed by atoms with Gasteiger partial charge in [-0.15, -0.1) is 0 Å². The summed E-state index contributed by atoms with van der Waals surface area (Å²) in [5, 5.41) is 2.63. The molecule has 0 aliphatic rings. The average molecular weight is 290 g/mol. The predicted octanol–water partition coefficient (Wildman–Crippen LogP) is 2.19. The zero-order valence-corrected chi connectivity index (χ0v) is 13.9. The summed E-state index contributed by atoms with van der Waals surface area (Å²) < 4.78 is 0. The van der Waals surface area contributed by atoms with Gasteiger partial charge in [0.2, 0.25) is 5.91 Å². The highest BCUT2D eigenvalue weighted by Crippen LogP contribution is 2.14. The fourth-order valence-corrected chi connectivity index (χ4v) is 2.26. The molecule has 4 nitrogen and oxygen atoms in total. The Labute approximate surface area is 127 Å². The highest BCUT2D eigenvalue weighted by molar-refractivity contribution is 6.00. The lowest BCUT2D eigenvalue weighted by Crippen LogP contribution is -2.41. The van der Waals surface area contributed by atoms with E-state index in [9.17, 15) is 9.59 Å². The zero-order valence-electron chi connectivity index (χ0n) is 13.9. The van der Waals surface area contributed by atoms with Crippen LogP contribution in [0.1, 0.15) is 35.3 Å². The summed E-state index contributed by atoms with van der Waals surface area (Å²) in [5.41, 5.74) is 3.03. The summed E-state index contributed by atoms with van der Waals surface area (Å²) in [6.07, 6.45) is 0. The molecule has 0 spiro atoms. The van der Waals surface area contributed by atoms with Gasteiger partial charge in [-0.05, 0) is 45.0 Å². The van der Waals surface area contributed by atoms with E-state index in [-0.39, 0.29) is 23.7 Å². The number of benzene rings is 1. The number of carbonyl (C=O) groups is 2. The highest BCUT2D eigenvalue weighted by atomic mass is 16.2. The van der Waals surface area contributed by atoms with Crippen LogP contribution in [0.5, 0.6) is 0 Å². The Bertz CT molecular complexity index is 526. The molecular formula is C17H26N2O2. The number of carbonyl (C=O) groups excluding carboxylic acids is 2. The zero-order chi connectivity index (χ0) is 16.2. The number of nitrogens with zero attached hydrogens (tertiary/aromatic N) is 1. The molecule has 2 atom stereocenters. The molecule has 1 rings (SSSR count). The van der Waals surface area contributed by atoms with Gasteiger partial charge in [0, 0.05) is 25.1 Å². The Morgan fingerprint density at radius 2 is 1.81 bits per heavy atom. The molecule has 0 aliphatic heterocycles. The van der Waals surface area contributed by atoms with E-state index in [1.807, 2.05) is 57.8 Å². The molecule has 1 N–H and O–H groups in total. The smallest absolute Gasteiger partial charge is 0.223 e. The standard InChI is InChI=1S/C17H26N2O2/c1-11-7-8-15(9-12(11)2)16(20)14(4)19(6)10-13(3)17(21)18-5/h7-9,13-14H,10H2,1-6H3,(H,18,21). The number of hydrogen-bond donors (Lipinski definition) is 1. The summed E-state index contributed by atoms with van der Waals surface area (Å²) in [7, 11) is 3.51. The number of nitrogens with one attached hydrogen (secondary N) is 1. The van der Waals surface area contributed by atoms with Crippen LogP contribution < -0.4 is 5.32 Å². The molecule has 0 heterocycles. The van der Waals surface area contributed by atoms with Crippen molar-refractivity contribution in [1.29, 1.82) is 0 Å². The molecule has 4 heteroatoms. The van der Waals surface area contributed by atoms with Gasteiger partial charge in [-0.1, -0.05) is 19.1 Å². The van der Waals surface area contributed by atoms with E-state index in [4.69, 9.17) is 0 Å². The van der Waals surface area contributed by atoms with E-state index in [1.165, 1.54) is 5.56 Å². The summed E-state index contributed by atoms with van der Waals surface area (Å²) in [5.74, 6) is -0.0626. The lowest BCUT2D eigenvalue weighted by molar-refractivity contribution is -0.124. The molecule has 0 aromatic heterocycles. The van der Waals surface area contributed by atoms with Gasteiger partial charge in [0.1, 0.15) is 0 Å². The second-order valence-corrected chi connectivity index (χ2v) is 5.79. The quantitative estimate of drug-likeness (QED) is 0.817. The lowest BCUT2D eigenvalue weighted by Gasteiger charge is -2.26. The molecule has 1 amide bonds. The molecule has 2 unspecified atom stereocenters. The van der Waals surface area contributed by atoms with Crippen LogP contribution in [0.15, 0.2) is 18.2 Å². The predicted molar refractivity (Wildman–Crippen MR) is 85.6 cm³/mol. The van der Waals surface area contributed by atoms with Gasteiger partial charge >= 0.3 is 0 Å². The van der Waals surface area contributed by atoms with E-state index in [2.05, 4.69) is 5.32 Å². The van der Waals surface area contributed by atoms with E-state index in [0.29, 0.717) is 6.54 Å². The van der Waals surface area contributed by atoms with Gasteiger partial charge in [-0.3, -0.25) is 14.5 Å². The molecule has 0 saturated carbocycles. The van der Waals surface area contributed by atoms with Crippen LogP contribution in [0.3, 0.4) is 0 Å². The number of aryl methyl sites for hydroxylation is 2. The molecule has 116 valence electrons. The molecule has 0 bridgehead atoms.